The summed E-state index contributed by atoms with van der Waals surface area (Å²) < 4.78 is 0. The van der Waals surface area contributed by atoms with E-state index in [0.29, 0.717) is 17.8 Å². The van der Waals surface area contributed by atoms with Crippen molar-refractivity contribution >= 4 is 5.91 Å². The van der Waals surface area contributed by atoms with E-state index in [4.69, 9.17) is 5.26 Å². The quantitative estimate of drug-likeness (QED) is 0.890. The van der Waals surface area contributed by atoms with Crippen LogP contribution in [0.5, 0.6) is 0 Å². The molecule has 0 atom stereocenters. The number of nitrogens with one attached hydrogen (secondary N) is 1. The van der Waals surface area contributed by atoms with Crippen LogP contribution in [0.25, 0.3) is 0 Å². The highest BCUT2D eigenvalue weighted by atomic mass is 16.1. The van der Waals surface area contributed by atoms with Gasteiger partial charge in [-0.25, -0.2) is 4.98 Å². The van der Waals surface area contributed by atoms with Gasteiger partial charge >= 0.3 is 0 Å². The van der Waals surface area contributed by atoms with Crippen LogP contribution in [0.2, 0.25) is 0 Å². The number of aromatic nitrogens is 2. The third-order valence-electron chi connectivity index (χ3n) is 2.55. The number of hydrogen-bond donors (Lipinski definition) is 1. The van der Waals surface area contributed by atoms with Gasteiger partial charge in [0.15, 0.2) is 0 Å². The molecule has 0 radical (unpaired) electrons. The molecule has 0 fully saturated rings. The first kappa shape index (κ1) is 12.7. The van der Waals surface area contributed by atoms with Crippen LogP contribution in [0.4, 0.5) is 0 Å². The van der Waals surface area contributed by atoms with E-state index in [9.17, 15) is 4.79 Å². The van der Waals surface area contributed by atoms with Gasteiger partial charge in [-0.1, -0.05) is 6.07 Å². The molecule has 0 aliphatic rings. The first-order chi connectivity index (χ1) is 9.29. The SMILES string of the molecule is N#Cc1ccc(C(=O)NCCc2cccnc2)nc1. The van der Waals surface area contributed by atoms with Crippen LogP contribution in [-0.4, -0.2) is 22.4 Å². The summed E-state index contributed by atoms with van der Waals surface area (Å²) in [4.78, 5) is 19.7. The van der Waals surface area contributed by atoms with Gasteiger partial charge < -0.3 is 5.32 Å². The van der Waals surface area contributed by atoms with E-state index in [1.54, 1.807) is 18.5 Å². The minimum atomic E-state index is -0.242. The zero-order valence-electron chi connectivity index (χ0n) is 10.2. The maximum Gasteiger partial charge on any atom is 0.269 e. The molecule has 2 rings (SSSR count). The fraction of sp³-hybridized carbons (Fsp3) is 0.143. The molecule has 1 amide bonds. The van der Waals surface area contributed by atoms with Crippen molar-refractivity contribution in [1.82, 2.24) is 15.3 Å². The van der Waals surface area contributed by atoms with Crippen molar-refractivity contribution in [3.05, 3.63) is 59.7 Å². The minimum absolute atomic E-state index is 0.242. The Hall–Kier alpha value is -2.74. The molecule has 2 aromatic rings. The molecule has 2 aromatic heterocycles. The molecule has 94 valence electrons. The summed E-state index contributed by atoms with van der Waals surface area (Å²) in [6.45, 7) is 0.520. The van der Waals surface area contributed by atoms with Gasteiger partial charge in [-0.3, -0.25) is 9.78 Å². The fourth-order valence-electron chi connectivity index (χ4n) is 1.55. The summed E-state index contributed by atoms with van der Waals surface area (Å²) in [5.74, 6) is -0.242. The zero-order chi connectivity index (χ0) is 13.5. The summed E-state index contributed by atoms with van der Waals surface area (Å²) >= 11 is 0. The molecule has 0 aliphatic carbocycles. The average molecular weight is 252 g/mol. The lowest BCUT2D eigenvalue weighted by molar-refractivity contribution is 0.0949. The first-order valence-corrected chi connectivity index (χ1v) is 5.83. The number of pyridine rings is 2. The Kier molecular flexibility index (Phi) is 4.19. The molecule has 0 unspecified atom stereocenters. The van der Waals surface area contributed by atoms with Gasteiger partial charge in [0.25, 0.3) is 5.91 Å². The summed E-state index contributed by atoms with van der Waals surface area (Å²) in [6, 6.07) is 8.89. The third kappa shape index (κ3) is 3.61. The lowest BCUT2D eigenvalue weighted by Gasteiger charge is -2.04. The molecular formula is C14H12N4O. The van der Waals surface area contributed by atoms with E-state index < -0.39 is 0 Å². The largest absolute Gasteiger partial charge is 0.350 e. The van der Waals surface area contributed by atoms with Crippen LogP contribution in [-0.2, 0) is 6.42 Å². The summed E-state index contributed by atoms with van der Waals surface area (Å²) in [6.07, 6.45) is 5.58. The smallest absolute Gasteiger partial charge is 0.269 e. The summed E-state index contributed by atoms with van der Waals surface area (Å²) in [7, 11) is 0. The Bertz CT molecular complexity index is 587. The summed E-state index contributed by atoms with van der Waals surface area (Å²) in [5, 5.41) is 11.4. The molecule has 0 aromatic carbocycles. The van der Waals surface area contributed by atoms with Crippen molar-refractivity contribution in [2.24, 2.45) is 0 Å². The van der Waals surface area contributed by atoms with E-state index in [-0.39, 0.29) is 5.91 Å². The van der Waals surface area contributed by atoms with Crippen LogP contribution >= 0.6 is 0 Å². The van der Waals surface area contributed by atoms with Crippen molar-refractivity contribution < 1.29 is 4.79 Å². The van der Waals surface area contributed by atoms with E-state index in [1.165, 1.54) is 12.3 Å². The van der Waals surface area contributed by atoms with Gasteiger partial charge in [-0.2, -0.15) is 5.26 Å². The highest BCUT2D eigenvalue weighted by Gasteiger charge is 2.06. The minimum Gasteiger partial charge on any atom is -0.350 e. The van der Waals surface area contributed by atoms with Crippen LogP contribution in [0.15, 0.2) is 42.9 Å². The second-order valence-corrected chi connectivity index (χ2v) is 3.91. The van der Waals surface area contributed by atoms with Gasteiger partial charge in [-0.05, 0) is 30.2 Å². The van der Waals surface area contributed by atoms with Crippen molar-refractivity contribution in [1.29, 1.82) is 5.26 Å². The molecule has 19 heavy (non-hydrogen) atoms. The van der Waals surface area contributed by atoms with E-state index in [0.717, 1.165) is 12.0 Å². The molecule has 0 saturated carbocycles. The standard InChI is InChI=1S/C14H12N4O/c15-8-12-3-4-13(18-10-12)14(19)17-7-5-11-2-1-6-16-9-11/h1-4,6,9-10H,5,7H2,(H,17,19). The van der Waals surface area contributed by atoms with E-state index in [1.807, 2.05) is 18.2 Å². The Morgan fingerprint density at radius 3 is 2.84 bits per heavy atom. The van der Waals surface area contributed by atoms with Gasteiger partial charge in [0.1, 0.15) is 11.8 Å². The van der Waals surface area contributed by atoms with Crippen LogP contribution in [0.1, 0.15) is 21.6 Å². The maximum atomic E-state index is 11.8. The molecule has 2 heterocycles. The van der Waals surface area contributed by atoms with Gasteiger partial charge in [0.05, 0.1) is 5.56 Å². The molecule has 0 bridgehead atoms. The molecule has 5 heteroatoms. The fourth-order valence-corrected chi connectivity index (χ4v) is 1.55. The Morgan fingerprint density at radius 1 is 1.32 bits per heavy atom. The number of nitriles is 1. The third-order valence-corrected chi connectivity index (χ3v) is 2.55. The van der Waals surface area contributed by atoms with Gasteiger partial charge in [-0.15, -0.1) is 0 Å². The van der Waals surface area contributed by atoms with E-state index >= 15 is 0 Å². The van der Waals surface area contributed by atoms with E-state index in [2.05, 4.69) is 15.3 Å². The summed E-state index contributed by atoms with van der Waals surface area (Å²) in [5.41, 5.74) is 1.81. The number of rotatable bonds is 4. The number of carbonyl (C=O) groups excluding carboxylic acids is 1. The second-order valence-electron chi connectivity index (χ2n) is 3.91. The second kappa shape index (κ2) is 6.26. The van der Waals surface area contributed by atoms with Crippen molar-refractivity contribution in [2.45, 2.75) is 6.42 Å². The molecule has 5 nitrogen and oxygen atoms in total. The van der Waals surface area contributed by atoms with Crippen LogP contribution in [0.3, 0.4) is 0 Å². The van der Waals surface area contributed by atoms with Gasteiger partial charge in [0, 0.05) is 25.1 Å². The Balaban J connectivity index is 1.86. The predicted octanol–water partition coefficient (Wildman–Crippen LogP) is 1.32. The zero-order valence-corrected chi connectivity index (χ0v) is 10.2. The average Bonchev–Trinajstić information content (AvgIpc) is 2.48. The predicted molar refractivity (Wildman–Crippen MR) is 69.2 cm³/mol. The van der Waals surface area contributed by atoms with Crippen molar-refractivity contribution in [3.8, 4) is 6.07 Å². The molecular weight excluding hydrogens is 240 g/mol. The molecule has 0 spiro atoms. The topological polar surface area (TPSA) is 78.7 Å². The molecule has 0 aliphatic heterocycles. The number of nitrogens with zero attached hydrogens (tertiary/aromatic N) is 3. The Labute approximate surface area is 110 Å². The molecule has 0 saturated heterocycles. The lowest BCUT2D eigenvalue weighted by atomic mass is 10.2. The van der Waals surface area contributed by atoms with Gasteiger partial charge in [0.2, 0.25) is 0 Å². The highest BCUT2D eigenvalue weighted by Crippen LogP contribution is 1.99. The monoisotopic (exact) mass is 252 g/mol. The maximum absolute atomic E-state index is 11.8. The molecule has 1 N–H and O–H groups in total. The number of carbonyl (C=O) groups is 1. The van der Waals surface area contributed by atoms with Crippen LogP contribution < -0.4 is 5.32 Å². The normalized spacial score (nSPS) is 9.63. The van der Waals surface area contributed by atoms with Crippen molar-refractivity contribution in [3.63, 3.8) is 0 Å². The highest BCUT2D eigenvalue weighted by molar-refractivity contribution is 5.92. The Morgan fingerprint density at radius 2 is 2.21 bits per heavy atom. The number of amides is 1. The van der Waals surface area contributed by atoms with Crippen LogP contribution in [0, 0.1) is 11.3 Å². The lowest BCUT2D eigenvalue weighted by Crippen LogP contribution is -2.26. The first-order valence-electron chi connectivity index (χ1n) is 5.83. The van der Waals surface area contributed by atoms with Crippen molar-refractivity contribution in [2.75, 3.05) is 6.54 Å². The number of hydrogen-bond acceptors (Lipinski definition) is 4.